The molecule has 0 atom stereocenters. The second kappa shape index (κ2) is 3.41. The minimum Gasteiger partial charge on any atom is -0.356 e. The summed E-state index contributed by atoms with van der Waals surface area (Å²) < 4.78 is 26.5. The van der Waals surface area contributed by atoms with Gasteiger partial charge in [0.05, 0.1) is 15.4 Å². The van der Waals surface area contributed by atoms with Crippen molar-refractivity contribution in [1.29, 1.82) is 0 Å². The smallest absolute Gasteiger partial charge is 0.191 e. The maximum atomic E-state index is 13.4. The van der Waals surface area contributed by atoms with E-state index in [1.54, 1.807) is 6.92 Å². The standard InChI is InChI=1S/C10H6BrF2NO/c1-4-2-7(15)8-9(11)5(12)3-6(13)10(8)14-4/h2-3H,1H3,(H,14,15). The van der Waals surface area contributed by atoms with Crippen LogP contribution < -0.4 is 5.43 Å². The normalized spacial score (nSPS) is 10.9. The van der Waals surface area contributed by atoms with Crippen molar-refractivity contribution in [2.45, 2.75) is 6.92 Å². The van der Waals surface area contributed by atoms with E-state index in [1.165, 1.54) is 6.07 Å². The highest BCUT2D eigenvalue weighted by molar-refractivity contribution is 9.10. The number of aromatic nitrogens is 1. The number of hydrogen-bond acceptors (Lipinski definition) is 1. The van der Waals surface area contributed by atoms with Crippen LogP contribution in [0.2, 0.25) is 0 Å². The van der Waals surface area contributed by atoms with E-state index in [-0.39, 0.29) is 15.4 Å². The van der Waals surface area contributed by atoms with Gasteiger partial charge in [0.1, 0.15) is 11.6 Å². The van der Waals surface area contributed by atoms with Gasteiger partial charge in [-0.25, -0.2) is 8.78 Å². The average Bonchev–Trinajstić information content (AvgIpc) is 2.13. The molecule has 0 aliphatic heterocycles. The van der Waals surface area contributed by atoms with Gasteiger partial charge in [-0.3, -0.25) is 4.79 Å². The summed E-state index contributed by atoms with van der Waals surface area (Å²) >= 11 is 2.93. The summed E-state index contributed by atoms with van der Waals surface area (Å²) in [6.07, 6.45) is 0. The van der Waals surface area contributed by atoms with Crippen LogP contribution in [0.3, 0.4) is 0 Å². The van der Waals surface area contributed by atoms with Crippen LogP contribution in [-0.4, -0.2) is 4.98 Å². The molecule has 0 spiro atoms. The molecule has 1 N–H and O–H groups in total. The highest BCUT2D eigenvalue weighted by atomic mass is 79.9. The molecule has 15 heavy (non-hydrogen) atoms. The van der Waals surface area contributed by atoms with E-state index in [1.807, 2.05) is 0 Å². The second-order valence-corrected chi connectivity index (χ2v) is 4.01. The molecule has 2 aromatic rings. The molecule has 2 nitrogen and oxygen atoms in total. The third kappa shape index (κ3) is 1.56. The van der Waals surface area contributed by atoms with Gasteiger partial charge in [0, 0.05) is 17.8 Å². The van der Waals surface area contributed by atoms with Crippen molar-refractivity contribution in [2.75, 3.05) is 0 Å². The summed E-state index contributed by atoms with van der Waals surface area (Å²) in [7, 11) is 0. The molecule has 0 amide bonds. The molecule has 0 bridgehead atoms. The number of benzene rings is 1. The lowest BCUT2D eigenvalue weighted by molar-refractivity contribution is 0.586. The van der Waals surface area contributed by atoms with E-state index >= 15 is 0 Å². The zero-order valence-electron chi connectivity index (χ0n) is 7.70. The van der Waals surface area contributed by atoms with Gasteiger partial charge in [-0.15, -0.1) is 0 Å². The summed E-state index contributed by atoms with van der Waals surface area (Å²) in [5, 5.41) is -0.00176. The van der Waals surface area contributed by atoms with Crippen LogP contribution in [0, 0.1) is 18.6 Å². The van der Waals surface area contributed by atoms with Gasteiger partial charge in [0.2, 0.25) is 0 Å². The summed E-state index contributed by atoms with van der Waals surface area (Å²) in [6.45, 7) is 1.64. The molecule has 0 unspecified atom stereocenters. The van der Waals surface area contributed by atoms with E-state index in [4.69, 9.17) is 0 Å². The summed E-state index contributed by atoms with van der Waals surface area (Å²) in [5.74, 6) is -1.55. The molecule has 1 heterocycles. The zero-order chi connectivity index (χ0) is 11.2. The van der Waals surface area contributed by atoms with Gasteiger partial charge in [0.15, 0.2) is 5.43 Å². The van der Waals surface area contributed by atoms with Crippen molar-refractivity contribution < 1.29 is 8.78 Å². The van der Waals surface area contributed by atoms with Crippen LogP contribution in [0.5, 0.6) is 0 Å². The quantitative estimate of drug-likeness (QED) is 0.736. The molecular weight excluding hydrogens is 268 g/mol. The van der Waals surface area contributed by atoms with Gasteiger partial charge in [-0.05, 0) is 22.9 Å². The van der Waals surface area contributed by atoms with E-state index in [9.17, 15) is 13.6 Å². The molecule has 2 rings (SSSR count). The minimum atomic E-state index is -0.783. The molecule has 1 aromatic carbocycles. The number of aryl methyl sites for hydroxylation is 1. The maximum Gasteiger partial charge on any atom is 0.191 e. The first-order valence-corrected chi connectivity index (χ1v) is 4.97. The number of hydrogen-bond donors (Lipinski definition) is 1. The lowest BCUT2D eigenvalue weighted by Gasteiger charge is -2.04. The largest absolute Gasteiger partial charge is 0.356 e. The highest BCUT2D eigenvalue weighted by Crippen LogP contribution is 2.25. The van der Waals surface area contributed by atoms with E-state index in [2.05, 4.69) is 20.9 Å². The van der Waals surface area contributed by atoms with E-state index < -0.39 is 17.1 Å². The molecule has 0 radical (unpaired) electrons. The lowest BCUT2D eigenvalue weighted by atomic mass is 10.2. The van der Waals surface area contributed by atoms with Gasteiger partial charge < -0.3 is 4.98 Å². The van der Waals surface area contributed by atoms with Crippen LogP contribution in [-0.2, 0) is 0 Å². The number of fused-ring (bicyclic) bond motifs is 1. The monoisotopic (exact) mass is 273 g/mol. The predicted molar refractivity (Wildman–Crippen MR) is 56.9 cm³/mol. The molecular formula is C10H6BrF2NO. The van der Waals surface area contributed by atoms with Crippen LogP contribution >= 0.6 is 15.9 Å². The van der Waals surface area contributed by atoms with Crippen molar-refractivity contribution in [2.24, 2.45) is 0 Å². The minimum absolute atomic E-state index is 0.00176. The topological polar surface area (TPSA) is 32.9 Å². The first-order chi connectivity index (χ1) is 7.00. The Bertz CT molecular complexity index is 606. The van der Waals surface area contributed by atoms with Crippen molar-refractivity contribution in [3.63, 3.8) is 0 Å². The number of H-pyrrole nitrogens is 1. The van der Waals surface area contributed by atoms with Crippen molar-refractivity contribution in [1.82, 2.24) is 4.98 Å². The molecule has 78 valence electrons. The fourth-order valence-corrected chi connectivity index (χ4v) is 1.96. The number of pyridine rings is 1. The summed E-state index contributed by atoms with van der Waals surface area (Å²) in [4.78, 5) is 14.2. The van der Waals surface area contributed by atoms with E-state index in [0.29, 0.717) is 5.69 Å². The third-order valence-electron chi connectivity index (χ3n) is 2.09. The molecule has 0 aliphatic carbocycles. The Balaban J connectivity index is 3.10. The molecule has 0 saturated heterocycles. The predicted octanol–water partition coefficient (Wildman–Crippen LogP) is 2.88. The van der Waals surface area contributed by atoms with E-state index in [0.717, 1.165) is 6.07 Å². The number of aromatic amines is 1. The number of rotatable bonds is 0. The van der Waals surface area contributed by atoms with Crippen LogP contribution in [0.15, 0.2) is 21.4 Å². The molecule has 0 saturated carbocycles. The van der Waals surface area contributed by atoms with Crippen molar-refractivity contribution in [3.05, 3.63) is 44.2 Å². The first-order valence-electron chi connectivity index (χ1n) is 4.18. The van der Waals surface area contributed by atoms with Gasteiger partial charge in [-0.2, -0.15) is 0 Å². The summed E-state index contributed by atoms with van der Waals surface area (Å²) in [5.41, 5.74) is 0.143. The molecule has 0 fully saturated rings. The van der Waals surface area contributed by atoms with Crippen LogP contribution in [0.25, 0.3) is 10.9 Å². The zero-order valence-corrected chi connectivity index (χ0v) is 9.28. The average molecular weight is 274 g/mol. The Morgan fingerprint density at radius 2 is 1.93 bits per heavy atom. The Morgan fingerprint density at radius 3 is 2.60 bits per heavy atom. The Morgan fingerprint density at radius 1 is 1.27 bits per heavy atom. The number of halogens is 3. The Labute approximate surface area is 92.1 Å². The summed E-state index contributed by atoms with van der Waals surface area (Å²) in [6, 6.07) is 2.04. The number of nitrogens with one attached hydrogen (secondary N) is 1. The van der Waals surface area contributed by atoms with Gasteiger partial charge in [-0.1, -0.05) is 0 Å². The second-order valence-electron chi connectivity index (χ2n) is 3.22. The Kier molecular flexibility index (Phi) is 2.34. The SMILES string of the molecule is Cc1cc(=O)c2c(Br)c(F)cc(F)c2[nH]1. The van der Waals surface area contributed by atoms with Crippen LogP contribution in [0.4, 0.5) is 8.78 Å². The third-order valence-corrected chi connectivity index (χ3v) is 2.86. The highest BCUT2D eigenvalue weighted by Gasteiger charge is 2.13. The van der Waals surface area contributed by atoms with Crippen LogP contribution in [0.1, 0.15) is 5.69 Å². The molecule has 0 aliphatic rings. The lowest BCUT2D eigenvalue weighted by Crippen LogP contribution is -2.06. The Hall–Kier alpha value is -1.23. The van der Waals surface area contributed by atoms with Gasteiger partial charge >= 0.3 is 0 Å². The molecule has 1 aromatic heterocycles. The fourth-order valence-electron chi connectivity index (χ4n) is 1.45. The fraction of sp³-hybridized carbons (Fsp3) is 0.100. The van der Waals surface area contributed by atoms with Gasteiger partial charge in [0.25, 0.3) is 0 Å². The first kappa shape index (κ1) is 10.3. The maximum absolute atomic E-state index is 13.4. The van der Waals surface area contributed by atoms with Crippen molar-refractivity contribution in [3.8, 4) is 0 Å². The van der Waals surface area contributed by atoms with Crippen molar-refractivity contribution >= 4 is 26.8 Å². The molecule has 5 heteroatoms.